The van der Waals surface area contributed by atoms with E-state index in [9.17, 15) is 4.79 Å². The second kappa shape index (κ2) is 4.69. The molecule has 1 atom stereocenters. The highest BCUT2D eigenvalue weighted by atomic mass is 16.4. The van der Waals surface area contributed by atoms with Crippen molar-refractivity contribution < 1.29 is 9.90 Å². The highest BCUT2D eigenvalue weighted by Crippen LogP contribution is 2.27. The number of hydrogen-bond donors (Lipinski definition) is 1. The van der Waals surface area contributed by atoms with Gasteiger partial charge in [-0.3, -0.25) is 0 Å². The van der Waals surface area contributed by atoms with E-state index in [2.05, 4.69) is 28.7 Å². The van der Waals surface area contributed by atoms with Crippen molar-refractivity contribution in [2.75, 3.05) is 11.4 Å². The molecule has 0 spiro atoms. The molecule has 1 aromatic heterocycles. The van der Waals surface area contributed by atoms with Crippen LogP contribution in [0.4, 0.5) is 5.82 Å². The Morgan fingerprint density at radius 2 is 2.24 bits per heavy atom. The van der Waals surface area contributed by atoms with Gasteiger partial charge in [0.1, 0.15) is 5.82 Å². The van der Waals surface area contributed by atoms with Crippen LogP contribution in [0.2, 0.25) is 0 Å². The smallest absolute Gasteiger partial charge is 0.356 e. The van der Waals surface area contributed by atoms with Gasteiger partial charge in [-0.25, -0.2) is 14.8 Å². The lowest BCUT2D eigenvalue weighted by Crippen LogP contribution is -2.34. The Morgan fingerprint density at radius 1 is 1.47 bits per heavy atom. The lowest BCUT2D eigenvalue weighted by atomic mass is 10.0. The summed E-state index contributed by atoms with van der Waals surface area (Å²) in [4.78, 5) is 21.0. The van der Waals surface area contributed by atoms with Gasteiger partial charge in [-0.2, -0.15) is 0 Å². The lowest BCUT2D eigenvalue weighted by molar-refractivity contribution is 0.0690. The third-order valence-electron chi connectivity index (χ3n) is 3.22. The molecule has 1 aromatic rings. The summed E-state index contributed by atoms with van der Waals surface area (Å²) in [6.07, 6.45) is 5.21. The Balaban J connectivity index is 2.19. The number of carboxylic acid groups (broad SMARTS) is 1. The molecule has 0 saturated carbocycles. The number of anilines is 1. The second-order valence-electron chi connectivity index (χ2n) is 4.71. The van der Waals surface area contributed by atoms with Crippen LogP contribution in [0.1, 0.15) is 37.2 Å². The molecular formula is C12H17N3O2. The van der Waals surface area contributed by atoms with Crippen molar-refractivity contribution in [2.24, 2.45) is 5.92 Å². The monoisotopic (exact) mass is 235 g/mol. The summed E-state index contributed by atoms with van der Waals surface area (Å²) in [5.74, 6) is 0.315. The highest BCUT2D eigenvalue weighted by molar-refractivity contribution is 5.84. The zero-order valence-electron chi connectivity index (χ0n) is 10.1. The number of nitrogens with zero attached hydrogens (tertiary/aromatic N) is 3. The van der Waals surface area contributed by atoms with Crippen LogP contribution in [0, 0.1) is 5.92 Å². The van der Waals surface area contributed by atoms with Gasteiger partial charge in [0, 0.05) is 12.6 Å². The van der Waals surface area contributed by atoms with Crippen molar-refractivity contribution in [3.63, 3.8) is 0 Å². The molecule has 0 aliphatic carbocycles. The summed E-state index contributed by atoms with van der Waals surface area (Å²) in [5, 5.41) is 8.77. The number of aromatic carboxylic acids is 1. The van der Waals surface area contributed by atoms with Crippen molar-refractivity contribution >= 4 is 11.8 Å². The first-order valence-corrected chi connectivity index (χ1v) is 5.91. The first-order valence-electron chi connectivity index (χ1n) is 5.91. The summed E-state index contributed by atoms with van der Waals surface area (Å²) in [6.45, 7) is 5.37. The first kappa shape index (κ1) is 11.8. The highest BCUT2D eigenvalue weighted by Gasteiger charge is 2.28. The van der Waals surface area contributed by atoms with Gasteiger partial charge in [-0.15, -0.1) is 0 Å². The van der Waals surface area contributed by atoms with E-state index in [-0.39, 0.29) is 5.69 Å². The van der Waals surface area contributed by atoms with Gasteiger partial charge in [0.2, 0.25) is 0 Å². The molecule has 5 heteroatoms. The fourth-order valence-corrected chi connectivity index (χ4v) is 2.35. The average Bonchev–Trinajstić information content (AvgIpc) is 2.78. The minimum absolute atomic E-state index is 0.00551. The van der Waals surface area contributed by atoms with E-state index in [0.717, 1.165) is 18.8 Å². The van der Waals surface area contributed by atoms with Gasteiger partial charge in [0.15, 0.2) is 5.69 Å². The summed E-state index contributed by atoms with van der Waals surface area (Å²) in [5.41, 5.74) is -0.00551. The molecule has 0 aromatic carbocycles. The van der Waals surface area contributed by atoms with E-state index in [4.69, 9.17) is 5.11 Å². The Hall–Kier alpha value is -1.65. The van der Waals surface area contributed by atoms with Crippen molar-refractivity contribution in [3.05, 3.63) is 18.1 Å². The molecule has 0 amide bonds. The minimum atomic E-state index is -1.04. The van der Waals surface area contributed by atoms with Gasteiger partial charge in [0.25, 0.3) is 0 Å². The Labute approximate surface area is 100 Å². The van der Waals surface area contributed by atoms with Crippen LogP contribution in [-0.2, 0) is 0 Å². The van der Waals surface area contributed by atoms with Crippen LogP contribution in [0.25, 0.3) is 0 Å². The fourth-order valence-electron chi connectivity index (χ4n) is 2.35. The number of carboxylic acids is 1. The predicted octanol–water partition coefficient (Wildman–Crippen LogP) is 1.80. The summed E-state index contributed by atoms with van der Waals surface area (Å²) in [6, 6.07) is 0.486. The maximum atomic E-state index is 10.7. The minimum Gasteiger partial charge on any atom is -0.476 e. The van der Waals surface area contributed by atoms with Crippen LogP contribution in [0.15, 0.2) is 12.4 Å². The third kappa shape index (κ3) is 2.38. The largest absolute Gasteiger partial charge is 0.476 e. The van der Waals surface area contributed by atoms with Gasteiger partial charge < -0.3 is 10.0 Å². The Kier molecular flexibility index (Phi) is 3.26. The van der Waals surface area contributed by atoms with Crippen LogP contribution < -0.4 is 4.90 Å². The number of rotatable bonds is 3. The van der Waals surface area contributed by atoms with Gasteiger partial charge in [0.05, 0.1) is 12.4 Å². The van der Waals surface area contributed by atoms with E-state index >= 15 is 0 Å². The molecule has 5 nitrogen and oxygen atoms in total. The molecule has 2 rings (SSSR count). The lowest BCUT2D eigenvalue weighted by Gasteiger charge is -2.28. The van der Waals surface area contributed by atoms with Crippen molar-refractivity contribution in [3.8, 4) is 0 Å². The molecule has 1 unspecified atom stereocenters. The van der Waals surface area contributed by atoms with Crippen molar-refractivity contribution in [1.29, 1.82) is 0 Å². The molecule has 17 heavy (non-hydrogen) atoms. The molecule has 92 valence electrons. The molecule has 2 heterocycles. The maximum absolute atomic E-state index is 10.7. The van der Waals surface area contributed by atoms with E-state index in [1.54, 1.807) is 6.20 Å². The average molecular weight is 235 g/mol. The number of carbonyl (C=O) groups is 1. The summed E-state index contributed by atoms with van der Waals surface area (Å²) in [7, 11) is 0. The number of aromatic nitrogens is 2. The van der Waals surface area contributed by atoms with Crippen LogP contribution >= 0.6 is 0 Å². The topological polar surface area (TPSA) is 66.3 Å². The first-order chi connectivity index (χ1) is 8.09. The third-order valence-corrected chi connectivity index (χ3v) is 3.22. The van der Waals surface area contributed by atoms with E-state index < -0.39 is 5.97 Å². The zero-order chi connectivity index (χ0) is 12.4. The van der Waals surface area contributed by atoms with Gasteiger partial charge in [-0.05, 0) is 18.8 Å². The molecule has 1 N–H and O–H groups in total. The normalized spacial score (nSPS) is 19.9. The second-order valence-corrected chi connectivity index (χ2v) is 4.71. The molecule has 1 fully saturated rings. The number of hydrogen-bond acceptors (Lipinski definition) is 4. The van der Waals surface area contributed by atoms with Gasteiger partial charge >= 0.3 is 5.97 Å². The predicted molar refractivity (Wildman–Crippen MR) is 64.2 cm³/mol. The summed E-state index contributed by atoms with van der Waals surface area (Å²) < 4.78 is 0. The van der Waals surface area contributed by atoms with Crippen molar-refractivity contribution in [1.82, 2.24) is 9.97 Å². The van der Waals surface area contributed by atoms with Crippen LogP contribution in [0.5, 0.6) is 0 Å². The fraction of sp³-hybridized carbons (Fsp3) is 0.583. The summed E-state index contributed by atoms with van der Waals surface area (Å²) >= 11 is 0. The quantitative estimate of drug-likeness (QED) is 0.865. The molecule has 0 bridgehead atoms. The molecule has 1 aliphatic rings. The van der Waals surface area contributed by atoms with E-state index in [1.807, 2.05) is 0 Å². The molecule has 1 aliphatic heterocycles. The molecule has 0 radical (unpaired) electrons. The maximum Gasteiger partial charge on any atom is 0.356 e. The Bertz CT molecular complexity index is 403. The standard InChI is InChI=1S/C12H17N3O2/c1-8(2)10-4-3-5-15(10)11-7-13-9(6-14-11)12(16)17/h6-8,10H,3-5H2,1-2H3,(H,16,17). The van der Waals surface area contributed by atoms with E-state index in [0.29, 0.717) is 12.0 Å². The molecule has 1 saturated heterocycles. The zero-order valence-corrected chi connectivity index (χ0v) is 10.1. The van der Waals surface area contributed by atoms with Crippen molar-refractivity contribution in [2.45, 2.75) is 32.7 Å². The SMILES string of the molecule is CC(C)C1CCCN1c1cnc(C(=O)O)cn1. The van der Waals surface area contributed by atoms with Crippen LogP contribution in [0.3, 0.4) is 0 Å². The van der Waals surface area contributed by atoms with Crippen LogP contribution in [-0.4, -0.2) is 33.6 Å². The van der Waals surface area contributed by atoms with Gasteiger partial charge in [-0.1, -0.05) is 13.8 Å². The molecular weight excluding hydrogens is 218 g/mol. The Morgan fingerprint density at radius 3 is 2.76 bits per heavy atom. The van der Waals surface area contributed by atoms with E-state index in [1.165, 1.54) is 12.6 Å².